The van der Waals surface area contributed by atoms with E-state index in [1.807, 2.05) is 23.0 Å². The predicted molar refractivity (Wildman–Crippen MR) is 132 cm³/mol. The summed E-state index contributed by atoms with van der Waals surface area (Å²) in [6.07, 6.45) is 6.64. The number of nitrogens with zero attached hydrogens (tertiary/aromatic N) is 6. The number of piperidine rings is 1. The van der Waals surface area contributed by atoms with E-state index in [0.717, 1.165) is 55.3 Å². The summed E-state index contributed by atoms with van der Waals surface area (Å²) < 4.78 is 45.1. The third-order valence-corrected chi connectivity index (χ3v) is 7.41. The van der Waals surface area contributed by atoms with Crippen molar-refractivity contribution >= 4 is 16.9 Å². The molecule has 6 rings (SSSR count). The number of alkyl halides is 1. The Morgan fingerprint density at radius 3 is 2.69 bits per heavy atom. The van der Waals surface area contributed by atoms with Gasteiger partial charge in [0.05, 0.1) is 35.9 Å². The topological polar surface area (TPSA) is 50.1 Å². The smallest absolute Gasteiger partial charge is 0.130 e. The van der Waals surface area contributed by atoms with Crippen molar-refractivity contribution in [3.05, 3.63) is 72.2 Å². The molecule has 0 bridgehead atoms. The Kier molecular flexibility index (Phi) is 5.87. The van der Waals surface area contributed by atoms with Gasteiger partial charge in [-0.05, 0) is 69.4 Å². The van der Waals surface area contributed by atoms with Crippen LogP contribution in [0.2, 0.25) is 0 Å². The van der Waals surface area contributed by atoms with Crippen LogP contribution < -0.4 is 4.90 Å². The van der Waals surface area contributed by atoms with Crippen molar-refractivity contribution in [1.82, 2.24) is 24.6 Å². The molecule has 4 aromatic rings. The maximum Gasteiger partial charge on any atom is 0.130 e. The Labute approximate surface area is 207 Å². The number of benzene rings is 1. The molecule has 0 saturated carbocycles. The SMILES string of the molecule is CN1CCC(n2cc(-c3ccnc4ccc(N5C[C@@H](F)CC5c5cc(F)ccc5F)nc34)cn2)CC1. The second kappa shape index (κ2) is 9.20. The summed E-state index contributed by atoms with van der Waals surface area (Å²) in [6.45, 7) is 2.14. The van der Waals surface area contributed by atoms with E-state index in [1.54, 1.807) is 17.2 Å². The van der Waals surface area contributed by atoms with Crippen LogP contribution in [-0.4, -0.2) is 57.5 Å². The summed E-state index contributed by atoms with van der Waals surface area (Å²) >= 11 is 0. The maximum absolute atomic E-state index is 14.6. The minimum absolute atomic E-state index is 0.0583. The minimum Gasteiger partial charge on any atom is -0.346 e. The Morgan fingerprint density at radius 2 is 1.86 bits per heavy atom. The summed E-state index contributed by atoms with van der Waals surface area (Å²) in [4.78, 5) is 13.4. The molecule has 2 atom stereocenters. The first-order valence-electron chi connectivity index (χ1n) is 12.3. The van der Waals surface area contributed by atoms with Crippen LogP contribution in [0.1, 0.15) is 36.9 Å². The van der Waals surface area contributed by atoms with Gasteiger partial charge in [0.1, 0.15) is 23.6 Å². The molecule has 3 aromatic heterocycles. The molecule has 36 heavy (non-hydrogen) atoms. The molecule has 0 amide bonds. The number of pyridine rings is 2. The normalized spacial score (nSPS) is 21.5. The third-order valence-electron chi connectivity index (χ3n) is 7.41. The van der Waals surface area contributed by atoms with E-state index in [9.17, 15) is 13.2 Å². The van der Waals surface area contributed by atoms with Crippen LogP contribution in [0, 0.1) is 11.6 Å². The second-order valence-corrected chi connectivity index (χ2v) is 9.81. The van der Waals surface area contributed by atoms with Crippen LogP contribution >= 0.6 is 0 Å². The molecule has 2 aliphatic rings. The van der Waals surface area contributed by atoms with Crippen LogP contribution in [0.5, 0.6) is 0 Å². The molecule has 1 aromatic carbocycles. The number of likely N-dealkylation sites (tertiary alicyclic amines) is 1. The molecule has 0 aliphatic carbocycles. The van der Waals surface area contributed by atoms with Gasteiger partial charge in [-0.15, -0.1) is 0 Å². The molecule has 186 valence electrons. The Balaban J connectivity index is 1.37. The minimum atomic E-state index is -1.17. The van der Waals surface area contributed by atoms with E-state index in [-0.39, 0.29) is 18.5 Å². The van der Waals surface area contributed by atoms with Crippen molar-refractivity contribution in [3.8, 4) is 11.1 Å². The second-order valence-electron chi connectivity index (χ2n) is 9.81. The van der Waals surface area contributed by atoms with Gasteiger partial charge in [-0.1, -0.05) is 0 Å². The monoisotopic (exact) mass is 492 g/mol. The van der Waals surface area contributed by atoms with Crippen LogP contribution in [0.4, 0.5) is 19.0 Å². The van der Waals surface area contributed by atoms with E-state index >= 15 is 0 Å². The van der Waals surface area contributed by atoms with E-state index < -0.39 is 23.8 Å². The Hall–Kier alpha value is -3.46. The van der Waals surface area contributed by atoms with Gasteiger partial charge in [-0.3, -0.25) is 9.67 Å². The molecular formula is C27H27F3N6. The van der Waals surface area contributed by atoms with E-state index in [0.29, 0.717) is 22.9 Å². The zero-order chi connectivity index (χ0) is 24.8. The highest BCUT2D eigenvalue weighted by Gasteiger charge is 2.36. The summed E-state index contributed by atoms with van der Waals surface area (Å²) in [7, 11) is 2.13. The highest BCUT2D eigenvalue weighted by atomic mass is 19.1. The first kappa shape index (κ1) is 23.0. The van der Waals surface area contributed by atoms with E-state index in [2.05, 4.69) is 28.2 Å². The quantitative estimate of drug-likeness (QED) is 0.386. The molecule has 2 fully saturated rings. The zero-order valence-electron chi connectivity index (χ0n) is 20.0. The number of aromatic nitrogens is 4. The van der Waals surface area contributed by atoms with Gasteiger partial charge in [0.25, 0.3) is 0 Å². The third kappa shape index (κ3) is 4.21. The number of hydrogen-bond donors (Lipinski definition) is 0. The molecule has 9 heteroatoms. The van der Waals surface area contributed by atoms with Gasteiger partial charge in [0.15, 0.2) is 0 Å². The van der Waals surface area contributed by atoms with Gasteiger partial charge in [-0.2, -0.15) is 5.10 Å². The molecule has 0 spiro atoms. The first-order chi connectivity index (χ1) is 17.5. The lowest BCUT2D eigenvalue weighted by Gasteiger charge is -2.29. The fourth-order valence-electron chi connectivity index (χ4n) is 5.45. The summed E-state index contributed by atoms with van der Waals surface area (Å²) in [5, 5.41) is 4.64. The van der Waals surface area contributed by atoms with Gasteiger partial charge in [0.2, 0.25) is 0 Å². The fraction of sp³-hybridized carbons (Fsp3) is 0.370. The predicted octanol–water partition coefficient (Wildman–Crippen LogP) is 5.33. The molecule has 5 heterocycles. The fourth-order valence-corrected chi connectivity index (χ4v) is 5.45. The molecule has 2 aliphatic heterocycles. The van der Waals surface area contributed by atoms with Crippen molar-refractivity contribution in [2.45, 2.75) is 37.5 Å². The van der Waals surface area contributed by atoms with Crippen molar-refractivity contribution in [3.63, 3.8) is 0 Å². The van der Waals surface area contributed by atoms with Crippen LogP contribution in [0.25, 0.3) is 22.2 Å². The van der Waals surface area contributed by atoms with E-state index in [1.165, 1.54) is 0 Å². The molecule has 0 N–H and O–H groups in total. The van der Waals surface area contributed by atoms with Crippen molar-refractivity contribution in [2.24, 2.45) is 0 Å². The Bertz CT molecular complexity index is 1400. The lowest BCUT2D eigenvalue weighted by Crippen LogP contribution is -2.31. The molecule has 2 saturated heterocycles. The number of anilines is 1. The van der Waals surface area contributed by atoms with Crippen LogP contribution in [0.15, 0.2) is 55.0 Å². The number of rotatable bonds is 4. The molecule has 1 unspecified atom stereocenters. The van der Waals surface area contributed by atoms with Crippen LogP contribution in [0.3, 0.4) is 0 Å². The number of hydrogen-bond acceptors (Lipinski definition) is 5. The van der Waals surface area contributed by atoms with Gasteiger partial charge in [0, 0.05) is 35.5 Å². The van der Waals surface area contributed by atoms with Crippen molar-refractivity contribution in [1.29, 1.82) is 0 Å². The molecular weight excluding hydrogens is 465 g/mol. The zero-order valence-corrected chi connectivity index (χ0v) is 20.0. The van der Waals surface area contributed by atoms with Gasteiger partial charge >= 0.3 is 0 Å². The highest BCUT2D eigenvalue weighted by molar-refractivity contribution is 5.91. The highest BCUT2D eigenvalue weighted by Crippen LogP contribution is 2.39. The summed E-state index contributed by atoms with van der Waals surface area (Å²) in [6, 6.07) is 8.54. The maximum atomic E-state index is 14.6. The lowest BCUT2D eigenvalue weighted by atomic mass is 10.0. The van der Waals surface area contributed by atoms with Crippen LogP contribution in [-0.2, 0) is 0 Å². The van der Waals surface area contributed by atoms with Crippen molar-refractivity contribution < 1.29 is 13.2 Å². The van der Waals surface area contributed by atoms with Crippen molar-refractivity contribution in [2.75, 3.05) is 31.6 Å². The number of halogens is 3. The average molecular weight is 493 g/mol. The number of fused-ring (bicyclic) bond motifs is 1. The first-order valence-corrected chi connectivity index (χ1v) is 12.3. The largest absolute Gasteiger partial charge is 0.346 e. The standard InChI is InChI=1S/C27H27F3N6/c1-34-10-7-20(8-11-34)36-15-17(14-32-36)21-6-9-31-24-4-5-26(33-27(21)24)35-16-19(29)13-25(35)22-12-18(28)2-3-23(22)30/h2-6,9,12,14-15,19-20,25H,7-8,10-11,13,16H2,1H3/t19-,25?/m0/s1. The Morgan fingerprint density at radius 1 is 1.03 bits per heavy atom. The summed E-state index contributed by atoms with van der Waals surface area (Å²) in [5.41, 5.74) is 3.32. The van der Waals surface area contributed by atoms with E-state index in [4.69, 9.17) is 4.98 Å². The molecule has 0 radical (unpaired) electrons. The van der Waals surface area contributed by atoms with Gasteiger partial charge in [-0.25, -0.2) is 18.2 Å². The average Bonchev–Trinajstić information content (AvgIpc) is 3.52. The molecule has 6 nitrogen and oxygen atoms in total. The van der Waals surface area contributed by atoms with Gasteiger partial charge < -0.3 is 9.80 Å². The lowest BCUT2D eigenvalue weighted by molar-refractivity contribution is 0.212. The summed E-state index contributed by atoms with van der Waals surface area (Å²) in [5.74, 6) is -0.591.